The lowest BCUT2D eigenvalue weighted by Gasteiger charge is -2.03. The first-order valence-electron chi connectivity index (χ1n) is 5.11. The first-order valence-corrected chi connectivity index (χ1v) is 5.11. The molecule has 3 heteroatoms. The largest absolute Gasteiger partial charge is 0.256 e. The van der Waals surface area contributed by atoms with Crippen molar-refractivity contribution in [2.24, 2.45) is 0 Å². The maximum absolute atomic E-state index is 13.4. The number of hydrogen-bond donors (Lipinski definition) is 0. The third-order valence-electron chi connectivity index (χ3n) is 2.44. The van der Waals surface area contributed by atoms with Gasteiger partial charge in [-0.25, -0.2) is 8.78 Å². The maximum atomic E-state index is 13.4. The van der Waals surface area contributed by atoms with Gasteiger partial charge in [-0.15, -0.1) is 0 Å². The van der Waals surface area contributed by atoms with E-state index in [2.05, 4.69) is 4.98 Å². The van der Waals surface area contributed by atoms with E-state index >= 15 is 0 Å². The number of halogens is 2. The fraction of sp³-hybridized carbons (Fsp3) is 0.154. The molecule has 0 amide bonds. The standard InChI is InChI=1S/C13H11F2N/c1-2-9-3-6-13(16-8-9)11-7-10(14)4-5-12(11)15/h3-8H,2H2,1H3. The van der Waals surface area contributed by atoms with Crippen LogP contribution in [0.3, 0.4) is 0 Å². The number of benzene rings is 1. The van der Waals surface area contributed by atoms with Crippen LogP contribution in [0, 0.1) is 11.6 Å². The van der Waals surface area contributed by atoms with Crippen molar-refractivity contribution in [1.29, 1.82) is 0 Å². The zero-order chi connectivity index (χ0) is 11.5. The molecule has 1 heterocycles. The van der Waals surface area contributed by atoms with Crippen LogP contribution in [-0.2, 0) is 6.42 Å². The molecule has 0 N–H and O–H groups in total. The van der Waals surface area contributed by atoms with Crippen LogP contribution in [0.2, 0.25) is 0 Å². The number of aromatic nitrogens is 1. The van der Waals surface area contributed by atoms with E-state index in [1.54, 1.807) is 12.3 Å². The quantitative estimate of drug-likeness (QED) is 0.752. The van der Waals surface area contributed by atoms with E-state index in [0.717, 1.165) is 30.2 Å². The number of aryl methyl sites for hydroxylation is 1. The minimum Gasteiger partial charge on any atom is -0.256 e. The maximum Gasteiger partial charge on any atom is 0.132 e. The summed E-state index contributed by atoms with van der Waals surface area (Å²) in [5, 5.41) is 0. The average molecular weight is 219 g/mol. The van der Waals surface area contributed by atoms with E-state index in [0.29, 0.717) is 5.69 Å². The molecule has 2 rings (SSSR count). The molecule has 1 aromatic carbocycles. The lowest BCUT2D eigenvalue weighted by Crippen LogP contribution is -1.90. The molecule has 0 atom stereocenters. The Morgan fingerprint density at radius 2 is 1.94 bits per heavy atom. The Labute approximate surface area is 92.8 Å². The molecule has 1 aromatic heterocycles. The molecule has 0 bridgehead atoms. The monoisotopic (exact) mass is 219 g/mol. The predicted molar refractivity (Wildman–Crippen MR) is 59.0 cm³/mol. The molecular formula is C13H11F2N. The zero-order valence-corrected chi connectivity index (χ0v) is 8.87. The highest BCUT2D eigenvalue weighted by molar-refractivity contribution is 5.59. The van der Waals surface area contributed by atoms with Crippen LogP contribution in [-0.4, -0.2) is 4.98 Å². The summed E-state index contributed by atoms with van der Waals surface area (Å²) in [6, 6.07) is 6.94. The summed E-state index contributed by atoms with van der Waals surface area (Å²) >= 11 is 0. The zero-order valence-electron chi connectivity index (χ0n) is 8.87. The molecule has 0 aliphatic rings. The SMILES string of the molecule is CCc1ccc(-c2cc(F)ccc2F)nc1. The first kappa shape index (κ1) is 10.7. The molecule has 0 aliphatic heterocycles. The van der Waals surface area contributed by atoms with Crippen LogP contribution >= 0.6 is 0 Å². The van der Waals surface area contributed by atoms with Crippen LogP contribution in [0.15, 0.2) is 36.5 Å². The summed E-state index contributed by atoms with van der Waals surface area (Å²) in [4.78, 5) is 4.12. The van der Waals surface area contributed by atoms with Gasteiger partial charge in [0.25, 0.3) is 0 Å². The Morgan fingerprint density at radius 3 is 2.56 bits per heavy atom. The van der Waals surface area contributed by atoms with Gasteiger partial charge in [0.1, 0.15) is 11.6 Å². The van der Waals surface area contributed by atoms with Crippen LogP contribution in [0.4, 0.5) is 8.78 Å². The Kier molecular flexibility index (Phi) is 2.95. The molecule has 16 heavy (non-hydrogen) atoms. The van der Waals surface area contributed by atoms with Gasteiger partial charge in [0.2, 0.25) is 0 Å². The fourth-order valence-electron chi connectivity index (χ4n) is 1.49. The van der Waals surface area contributed by atoms with Crippen LogP contribution in [0.25, 0.3) is 11.3 Å². The Hall–Kier alpha value is -1.77. The van der Waals surface area contributed by atoms with Crippen molar-refractivity contribution < 1.29 is 8.78 Å². The van der Waals surface area contributed by atoms with Crippen LogP contribution < -0.4 is 0 Å². The minimum absolute atomic E-state index is 0.197. The van der Waals surface area contributed by atoms with Gasteiger partial charge in [0.05, 0.1) is 5.69 Å². The normalized spacial score (nSPS) is 10.4. The van der Waals surface area contributed by atoms with Crippen molar-refractivity contribution in [3.63, 3.8) is 0 Å². The van der Waals surface area contributed by atoms with Gasteiger partial charge in [0, 0.05) is 11.8 Å². The third-order valence-corrected chi connectivity index (χ3v) is 2.44. The molecule has 0 radical (unpaired) electrons. The molecule has 0 saturated carbocycles. The van der Waals surface area contributed by atoms with Gasteiger partial charge in [-0.2, -0.15) is 0 Å². The summed E-state index contributed by atoms with van der Waals surface area (Å²) < 4.78 is 26.4. The van der Waals surface area contributed by atoms with Gasteiger partial charge in [-0.1, -0.05) is 13.0 Å². The van der Waals surface area contributed by atoms with Gasteiger partial charge in [0.15, 0.2) is 0 Å². The molecule has 0 unspecified atom stereocenters. The van der Waals surface area contributed by atoms with Crippen molar-refractivity contribution in [2.45, 2.75) is 13.3 Å². The number of nitrogens with zero attached hydrogens (tertiary/aromatic N) is 1. The molecule has 0 aliphatic carbocycles. The van der Waals surface area contributed by atoms with Crippen LogP contribution in [0.1, 0.15) is 12.5 Å². The van der Waals surface area contributed by atoms with Crippen molar-refractivity contribution in [1.82, 2.24) is 4.98 Å². The molecule has 0 fully saturated rings. The fourth-order valence-corrected chi connectivity index (χ4v) is 1.49. The highest BCUT2D eigenvalue weighted by Crippen LogP contribution is 2.21. The lowest BCUT2D eigenvalue weighted by molar-refractivity contribution is 0.602. The molecule has 0 saturated heterocycles. The molecule has 82 valence electrons. The lowest BCUT2D eigenvalue weighted by atomic mass is 10.1. The molecule has 0 spiro atoms. The van der Waals surface area contributed by atoms with Gasteiger partial charge in [-0.3, -0.25) is 4.98 Å². The minimum atomic E-state index is -0.460. The van der Waals surface area contributed by atoms with Gasteiger partial charge in [-0.05, 0) is 36.2 Å². The van der Waals surface area contributed by atoms with E-state index in [-0.39, 0.29) is 5.56 Å². The van der Waals surface area contributed by atoms with Crippen molar-refractivity contribution in [3.8, 4) is 11.3 Å². The van der Waals surface area contributed by atoms with Crippen molar-refractivity contribution >= 4 is 0 Å². The second-order valence-electron chi connectivity index (χ2n) is 3.53. The molecule has 2 aromatic rings. The third kappa shape index (κ3) is 2.08. The topological polar surface area (TPSA) is 12.9 Å². The summed E-state index contributed by atoms with van der Waals surface area (Å²) in [6.45, 7) is 2.01. The first-order chi connectivity index (χ1) is 7.70. The molecule has 1 nitrogen and oxygen atoms in total. The smallest absolute Gasteiger partial charge is 0.132 e. The van der Waals surface area contributed by atoms with Crippen molar-refractivity contribution in [3.05, 3.63) is 53.7 Å². The van der Waals surface area contributed by atoms with Crippen LogP contribution in [0.5, 0.6) is 0 Å². The van der Waals surface area contributed by atoms with E-state index in [1.165, 1.54) is 0 Å². The summed E-state index contributed by atoms with van der Waals surface area (Å²) in [5.41, 5.74) is 1.72. The second-order valence-corrected chi connectivity index (χ2v) is 3.53. The van der Waals surface area contributed by atoms with Gasteiger partial charge < -0.3 is 0 Å². The summed E-state index contributed by atoms with van der Waals surface area (Å²) in [6.07, 6.45) is 2.55. The Morgan fingerprint density at radius 1 is 1.12 bits per heavy atom. The van der Waals surface area contributed by atoms with Crippen molar-refractivity contribution in [2.75, 3.05) is 0 Å². The second kappa shape index (κ2) is 4.39. The van der Waals surface area contributed by atoms with E-state index in [1.807, 2.05) is 13.0 Å². The summed E-state index contributed by atoms with van der Waals surface area (Å²) in [5.74, 6) is -0.920. The Bertz CT molecular complexity index is 492. The highest BCUT2D eigenvalue weighted by Gasteiger charge is 2.07. The van der Waals surface area contributed by atoms with E-state index in [9.17, 15) is 8.78 Å². The highest BCUT2D eigenvalue weighted by atomic mass is 19.1. The summed E-state index contributed by atoms with van der Waals surface area (Å²) in [7, 11) is 0. The number of hydrogen-bond acceptors (Lipinski definition) is 1. The molecular weight excluding hydrogens is 208 g/mol. The van der Waals surface area contributed by atoms with E-state index < -0.39 is 11.6 Å². The van der Waals surface area contributed by atoms with E-state index in [4.69, 9.17) is 0 Å². The number of rotatable bonds is 2. The Balaban J connectivity index is 2.45. The van der Waals surface area contributed by atoms with Gasteiger partial charge >= 0.3 is 0 Å². The predicted octanol–water partition coefficient (Wildman–Crippen LogP) is 3.59. The average Bonchev–Trinajstić information content (AvgIpc) is 2.32. The number of pyridine rings is 1.